The lowest BCUT2D eigenvalue weighted by atomic mass is 10.1. The highest BCUT2D eigenvalue weighted by Gasteiger charge is 2.35. The van der Waals surface area contributed by atoms with Crippen LogP contribution >= 0.6 is 23.2 Å². The fourth-order valence-corrected chi connectivity index (χ4v) is 7.51. The molecule has 1 atom stereocenters. The van der Waals surface area contributed by atoms with Crippen LogP contribution < -0.4 is 9.47 Å². The number of amides is 1. The summed E-state index contributed by atoms with van der Waals surface area (Å²) in [4.78, 5) is 16.9. The third-order valence-corrected chi connectivity index (χ3v) is 10.1. The average Bonchev–Trinajstić information content (AvgIpc) is 3.39. The molecule has 3 aliphatic rings. The maximum Gasteiger partial charge on any atom is 0.248 e. The molecule has 1 amide bonds. The molecule has 1 unspecified atom stereocenters. The number of hydrogen-bond donors (Lipinski definition) is 0. The van der Waals surface area contributed by atoms with Gasteiger partial charge in [-0.2, -0.15) is 4.31 Å². The summed E-state index contributed by atoms with van der Waals surface area (Å²) in [6.07, 6.45) is 2.30. The van der Waals surface area contributed by atoms with Crippen LogP contribution in [0, 0.1) is 0 Å². The van der Waals surface area contributed by atoms with E-state index in [4.69, 9.17) is 37.4 Å². The number of nitrogens with zero attached hydrogens (tertiary/aromatic N) is 3. The largest absolute Gasteiger partial charge is 0.454 e. The minimum atomic E-state index is -3.85. The summed E-state index contributed by atoms with van der Waals surface area (Å²) in [7, 11) is -3.85. The zero-order valence-electron chi connectivity index (χ0n) is 21.0. The molecule has 2 saturated heterocycles. The predicted molar refractivity (Wildman–Crippen MR) is 143 cm³/mol. The van der Waals surface area contributed by atoms with Crippen LogP contribution in [-0.2, 0) is 26.1 Å². The molecule has 5 rings (SSSR count). The summed E-state index contributed by atoms with van der Waals surface area (Å²) >= 11 is 12.3. The highest BCUT2D eigenvalue weighted by Crippen LogP contribution is 2.34. The van der Waals surface area contributed by atoms with E-state index in [1.165, 1.54) is 10.4 Å². The third kappa shape index (κ3) is 6.05. The zero-order chi connectivity index (χ0) is 26.7. The van der Waals surface area contributed by atoms with Crippen LogP contribution in [-0.4, -0.2) is 87.2 Å². The molecule has 0 saturated carbocycles. The molecule has 9 nitrogen and oxygen atoms in total. The van der Waals surface area contributed by atoms with Crippen molar-refractivity contribution in [1.82, 2.24) is 14.1 Å². The van der Waals surface area contributed by atoms with Crippen molar-refractivity contribution in [3.63, 3.8) is 0 Å². The monoisotopic (exact) mass is 583 g/mol. The molecule has 0 bridgehead atoms. The Morgan fingerprint density at radius 2 is 1.79 bits per heavy atom. The fraction of sp³-hybridized carbons (Fsp3) is 0.500. The minimum absolute atomic E-state index is 0.00624. The van der Waals surface area contributed by atoms with Gasteiger partial charge >= 0.3 is 0 Å². The van der Waals surface area contributed by atoms with E-state index in [9.17, 15) is 13.2 Å². The third-order valence-electron chi connectivity index (χ3n) is 7.18. The van der Waals surface area contributed by atoms with E-state index in [1.54, 1.807) is 17.0 Å². The average molecular weight is 585 g/mol. The van der Waals surface area contributed by atoms with Crippen LogP contribution in [0.4, 0.5) is 0 Å². The fourth-order valence-electron chi connectivity index (χ4n) is 5.09. The molecule has 0 radical (unpaired) electrons. The summed E-state index contributed by atoms with van der Waals surface area (Å²) < 4.78 is 44.8. The van der Waals surface area contributed by atoms with Gasteiger partial charge in [-0.1, -0.05) is 41.8 Å². The van der Waals surface area contributed by atoms with E-state index in [0.717, 1.165) is 49.5 Å². The van der Waals surface area contributed by atoms with Crippen molar-refractivity contribution in [2.45, 2.75) is 36.7 Å². The van der Waals surface area contributed by atoms with Gasteiger partial charge in [-0.3, -0.25) is 9.69 Å². The molecule has 206 valence electrons. The number of sulfonamides is 1. The summed E-state index contributed by atoms with van der Waals surface area (Å²) in [6.45, 7) is 4.22. The molecule has 3 aliphatic heterocycles. The summed E-state index contributed by atoms with van der Waals surface area (Å²) in [5.74, 6) is 1.45. The Morgan fingerprint density at radius 1 is 1.00 bits per heavy atom. The lowest BCUT2D eigenvalue weighted by Gasteiger charge is -2.36. The minimum Gasteiger partial charge on any atom is -0.454 e. The standard InChI is InChI=1S/C26H31Cl2N3O6S/c27-21-5-3-6-24(26(21)28)38(33,34)31-9-2-1-4-20(31)16-35-17-25(32)30-12-10-29(11-13-30)15-19-7-8-22-23(14-19)37-18-36-22/h3,5-8,14,20H,1-2,4,9-13,15-18H2. The maximum absolute atomic E-state index is 13.4. The zero-order valence-corrected chi connectivity index (χ0v) is 23.3. The number of piperidine rings is 1. The van der Waals surface area contributed by atoms with Gasteiger partial charge in [0.25, 0.3) is 0 Å². The molecule has 0 aliphatic carbocycles. The summed E-state index contributed by atoms with van der Waals surface area (Å²) in [5, 5.41) is 0.214. The van der Waals surface area contributed by atoms with Gasteiger partial charge in [0.05, 0.1) is 16.7 Å². The van der Waals surface area contributed by atoms with Gasteiger partial charge in [-0.15, -0.1) is 0 Å². The van der Waals surface area contributed by atoms with Crippen LogP contribution in [0.2, 0.25) is 10.0 Å². The normalized spacial score (nSPS) is 20.6. The van der Waals surface area contributed by atoms with E-state index < -0.39 is 10.0 Å². The van der Waals surface area contributed by atoms with Crippen molar-refractivity contribution in [3.8, 4) is 11.5 Å². The summed E-state index contributed by atoms with van der Waals surface area (Å²) in [5.41, 5.74) is 1.14. The topological polar surface area (TPSA) is 88.6 Å². The maximum atomic E-state index is 13.4. The molecule has 0 N–H and O–H groups in total. The van der Waals surface area contributed by atoms with Crippen molar-refractivity contribution in [3.05, 3.63) is 52.0 Å². The molecule has 12 heteroatoms. The molecule has 2 aromatic rings. The number of carbonyl (C=O) groups excluding carboxylic acids is 1. The Balaban J connectivity index is 1.10. The number of benzene rings is 2. The van der Waals surface area contributed by atoms with Gasteiger partial charge in [-0.05, 0) is 42.7 Å². The van der Waals surface area contributed by atoms with Crippen LogP contribution in [0.5, 0.6) is 11.5 Å². The second-order valence-corrected chi connectivity index (χ2v) is 12.3. The molecule has 0 spiro atoms. The lowest BCUT2D eigenvalue weighted by Crippen LogP contribution is -2.50. The Bertz CT molecular complexity index is 1270. The number of fused-ring (bicyclic) bond motifs is 1. The molecule has 2 fully saturated rings. The first-order valence-corrected chi connectivity index (χ1v) is 14.9. The molecule has 2 aromatic carbocycles. The highest BCUT2D eigenvalue weighted by atomic mass is 35.5. The Labute approximate surface area is 233 Å². The van der Waals surface area contributed by atoms with Crippen molar-refractivity contribution in [2.75, 3.05) is 52.7 Å². The van der Waals surface area contributed by atoms with Gasteiger partial charge in [0.15, 0.2) is 11.5 Å². The number of rotatable bonds is 8. The van der Waals surface area contributed by atoms with E-state index in [1.807, 2.05) is 18.2 Å². The number of hydrogen-bond acceptors (Lipinski definition) is 7. The van der Waals surface area contributed by atoms with Gasteiger partial charge in [0.1, 0.15) is 11.5 Å². The van der Waals surface area contributed by atoms with E-state index >= 15 is 0 Å². The Morgan fingerprint density at radius 3 is 2.61 bits per heavy atom. The number of carbonyl (C=O) groups is 1. The van der Waals surface area contributed by atoms with E-state index in [-0.39, 0.29) is 46.9 Å². The van der Waals surface area contributed by atoms with Crippen LogP contribution in [0.15, 0.2) is 41.3 Å². The first-order valence-electron chi connectivity index (χ1n) is 12.7. The SMILES string of the molecule is O=C(COCC1CCCCN1S(=O)(=O)c1cccc(Cl)c1Cl)N1CCN(Cc2ccc3c(c2)OCO3)CC1. The first kappa shape index (κ1) is 27.5. The smallest absolute Gasteiger partial charge is 0.248 e. The molecular weight excluding hydrogens is 553 g/mol. The second kappa shape index (κ2) is 12.0. The van der Waals surface area contributed by atoms with E-state index in [0.29, 0.717) is 26.1 Å². The predicted octanol–water partition coefficient (Wildman–Crippen LogP) is 3.63. The van der Waals surface area contributed by atoms with Gasteiger partial charge in [0.2, 0.25) is 22.7 Å². The van der Waals surface area contributed by atoms with Crippen LogP contribution in [0.1, 0.15) is 24.8 Å². The van der Waals surface area contributed by atoms with Crippen LogP contribution in [0.3, 0.4) is 0 Å². The molecule has 3 heterocycles. The van der Waals surface area contributed by atoms with Gasteiger partial charge in [0, 0.05) is 45.3 Å². The lowest BCUT2D eigenvalue weighted by molar-refractivity contribution is -0.138. The molecular formula is C26H31Cl2N3O6S. The van der Waals surface area contributed by atoms with Crippen molar-refractivity contribution < 1.29 is 27.4 Å². The van der Waals surface area contributed by atoms with Gasteiger partial charge < -0.3 is 19.1 Å². The number of piperazine rings is 1. The second-order valence-electron chi connectivity index (χ2n) is 9.68. The first-order chi connectivity index (χ1) is 18.3. The molecule has 38 heavy (non-hydrogen) atoms. The van der Waals surface area contributed by atoms with Crippen molar-refractivity contribution in [2.24, 2.45) is 0 Å². The highest BCUT2D eigenvalue weighted by molar-refractivity contribution is 7.89. The van der Waals surface area contributed by atoms with Gasteiger partial charge in [-0.25, -0.2) is 8.42 Å². The number of halogens is 2. The van der Waals surface area contributed by atoms with E-state index in [2.05, 4.69) is 4.90 Å². The van der Waals surface area contributed by atoms with Crippen LogP contribution in [0.25, 0.3) is 0 Å². The van der Waals surface area contributed by atoms with Crippen molar-refractivity contribution in [1.29, 1.82) is 0 Å². The Kier molecular flexibility index (Phi) is 8.66. The number of ether oxygens (including phenoxy) is 3. The molecule has 0 aromatic heterocycles. The van der Waals surface area contributed by atoms with Crippen molar-refractivity contribution >= 4 is 39.1 Å². The summed E-state index contributed by atoms with van der Waals surface area (Å²) in [6, 6.07) is 10.2. The quantitative estimate of drug-likeness (QED) is 0.469. The Hall–Kier alpha value is -2.08.